The fraction of sp³-hybridized carbons (Fsp3) is 0.588. The number of ether oxygens (including phenoxy) is 1. The van der Waals surface area contributed by atoms with E-state index in [-0.39, 0.29) is 17.4 Å². The molecule has 1 aromatic rings. The van der Waals surface area contributed by atoms with Crippen molar-refractivity contribution in [2.24, 2.45) is 0 Å². The van der Waals surface area contributed by atoms with Crippen molar-refractivity contribution < 1.29 is 17.9 Å². The van der Waals surface area contributed by atoms with Crippen LogP contribution in [0.15, 0.2) is 18.2 Å². The average Bonchev–Trinajstić information content (AvgIpc) is 2.50. The zero-order valence-electron chi connectivity index (χ0n) is 14.7. The number of nitrogens with one attached hydrogen (secondary N) is 2. The van der Waals surface area contributed by atoms with Gasteiger partial charge in [0.15, 0.2) is 0 Å². The van der Waals surface area contributed by atoms with Crippen molar-refractivity contribution >= 4 is 15.9 Å². The van der Waals surface area contributed by atoms with E-state index in [0.29, 0.717) is 12.0 Å². The number of rotatable bonds is 6. The molecule has 0 saturated carbocycles. The molecule has 0 saturated heterocycles. The van der Waals surface area contributed by atoms with Gasteiger partial charge in [0.2, 0.25) is 10.0 Å². The van der Waals surface area contributed by atoms with Crippen molar-refractivity contribution in [3.05, 3.63) is 29.3 Å². The van der Waals surface area contributed by atoms with Gasteiger partial charge in [0.05, 0.1) is 5.75 Å². The van der Waals surface area contributed by atoms with Gasteiger partial charge in [0, 0.05) is 23.6 Å². The molecular weight excluding hydrogens is 328 g/mol. The minimum Gasteiger partial charge on any atom is -0.487 e. The van der Waals surface area contributed by atoms with E-state index < -0.39 is 15.9 Å². The van der Waals surface area contributed by atoms with Crippen LogP contribution in [0.3, 0.4) is 0 Å². The topological polar surface area (TPSA) is 84.5 Å². The second kappa shape index (κ2) is 7.11. The molecule has 0 aliphatic carbocycles. The molecule has 0 aromatic heterocycles. The van der Waals surface area contributed by atoms with Gasteiger partial charge in [-0.15, -0.1) is 0 Å². The Labute approximate surface area is 144 Å². The number of fused-ring (bicyclic) bond motifs is 1. The first-order valence-corrected chi connectivity index (χ1v) is 9.88. The summed E-state index contributed by atoms with van der Waals surface area (Å²) in [5.74, 6) is 0.0703. The van der Waals surface area contributed by atoms with Crippen molar-refractivity contribution in [1.82, 2.24) is 10.0 Å². The van der Waals surface area contributed by atoms with E-state index in [2.05, 4.69) is 10.0 Å². The molecule has 0 bridgehead atoms. The van der Waals surface area contributed by atoms with Crippen LogP contribution < -0.4 is 14.8 Å². The minimum absolute atomic E-state index is 0.0450. The van der Waals surface area contributed by atoms with E-state index >= 15 is 0 Å². The van der Waals surface area contributed by atoms with Gasteiger partial charge in [-0.25, -0.2) is 13.1 Å². The molecule has 7 heteroatoms. The fourth-order valence-corrected chi connectivity index (χ4v) is 4.01. The molecule has 1 aliphatic heterocycles. The molecule has 0 radical (unpaired) electrons. The van der Waals surface area contributed by atoms with Gasteiger partial charge < -0.3 is 10.1 Å². The van der Waals surface area contributed by atoms with Crippen molar-refractivity contribution in [1.29, 1.82) is 0 Å². The summed E-state index contributed by atoms with van der Waals surface area (Å²) in [6, 6.07) is 5.08. The smallest absolute Gasteiger partial charge is 0.264 e. The van der Waals surface area contributed by atoms with Crippen molar-refractivity contribution in [2.75, 3.05) is 12.8 Å². The zero-order chi connectivity index (χ0) is 18.0. The van der Waals surface area contributed by atoms with Crippen LogP contribution in [0.4, 0.5) is 0 Å². The molecule has 0 spiro atoms. The Morgan fingerprint density at radius 3 is 2.71 bits per heavy atom. The lowest BCUT2D eigenvalue weighted by Gasteiger charge is -2.37. The normalized spacial score (nSPS) is 19.2. The molecule has 134 valence electrons. The maximum Gasteiger partial charge on any atom is 0.264 e. The summed E-state index contributed by atoms with van der Waals surface area (Å²) in [6.07, 6.45) is 2.04. The number of hydrogen-bond donors (Lipinski definition) is 2. The molecule has 1 unspecified atom stereocenters. The third-order valence-corrected chi connectivity index (χ3v) is 5.42. The third kappa shape index (κ3) is 4.48. The van der Waals surface area contributed by atoms with Gasteiger partial charge in [-0.1, -0.05) is 13.3 Å². The van der Waals surface area contributed by atoms with E-state index in [1.165, 1.54) is 0 Å². The van der Waals surface area contributed by atoms with E-state index in [4.69, 9.17) is 4.74 Å². The number of carbonyl (C=O) groups is 1. The second-order valence-corrected chi connectivity index (χ2v) is 8.61. The minimum atomic E-state index is -3.60. The van der Waals surface area contributed by atoms with E-state index in [9.17, 15) is 13.2 Å². The molecule has 1 aliphatic rings. The first kappa shape index (κ1) is 18.7. The Morgan fingerprint density at radius 2 is 2.08 bits per heavy atom. The van der Waals surface area contributed by atoms with Crippen molar-refractivity contribution in [2.45, 2.75) is 51.7 Å². The summed E-state index contributed by atoms with van der Waals surface area (Å²) in [7, 11) is -1.74. The molecule has 6 nitrogen and oxygen atoms in total. The summed E-state index contributed by atoms with van der Waals surface area (Å²) in [5, 5.41) is 3.23. The highest BCUT2D eigenvalue weighted by molar-refractivity contribution is 7.90. The Morgan fingerprint density at radius 1 is 1.38 bits per heavy atom. The summed E-state index contributed by atoms with van der Waals surface area (Å²) in [4.78, 5) is 12.3. The molecule has 24 heavy (non-hydrogen) atoms. The SMILES string of the molecule is CCCCS(=O)(=O)NC(=O)c1ccc2c(c1)C(NC)CC(C)(C)O2. The standard InChI is InChI=1S/C17H26N2O4S/c1-5-6-9-24(21,22)19-16(20)12-7-8-15-13(10-12)14(18-4)11-17(2,3)23-15/h7-8,10,14,18H,5-6,9,11H2,1-4H3,(H,19,20). The zero-order valence-corrected chi connectivity index (χ0v) is 15.5. The first-order chi connectivity index (χ1) is 11.2. The van der Waals surface area contributed by atoms with Crippen LogP contribution in [0.25, 0.3) is 0 Å². The summed E-state index contributed by atoms with van der Waals surface area (Å²) >= 11 is 0. The summed E-state index contributed by atoms with van der Waals surface area (Å²) in [6.45, 7) is 5.93. The Hall–Kier alpha value is -1.60. The third-order valence-electron chi connectivity index (χ3n) is 4.09. The highest BCUT2D eigenvalue weighted by atomic mass is 32.2. The Kier molecular flexibility index (Phi) is 5.55. The molecule has 1 atom stereocenters. The van der Waals surface area contributed by atoms with Crippen molar-refractivity contribution in [3.8, 4) is 5.75 Å². The Balaban J connectivity index is 2.23. The Bertz CT molecular complexity index is 713. The number of benzene rings is 1. The predicted molar refractivity (Wildman–Crippen MR) is 93.7 cm³/mol. The lowest BCUT2D eigenvalue weighted by molar-refractivity contribution is 0.0675. The molecule has 1 heterocycles. The summed E-state index contributed by atoms with van der Waals surface area (Å²) in [5.41, 5.74) is 0.890. The highest BCUT2D eigenvalue weighted by Gasteiger charge is 2.33. The molecule has 1 amide bonds. The monoisotopic (exact) mass is 354 g/mol. The maximum absolute atomic E-state index is 12.3. The van der Waals surface area contributed by atoms with Gasteiger partial charge in [-0.05, 0) is 45.5 Å². The van der Waals surface area contributed by atoms with Crippen LogP contribution in [-0.2, 0) is 10.0 Å². The quantitative estimate of drug-likeness (QED) is 0.819. The number of unbranched alkanes of at least 4 members (excludes halogenated alkanes) is 1. The largest absolute Gasteiger partial charge is 0.487 e. The second-order valence-electron chi connectivity index (χ2n) is 6.76. The van der Waals surface area contributed by atoms with Crippen LogP contribution >= 0.6 is 0 Å². The van der Waals surface area contributed by atoms with Crippen LogP contribution in [0.1, 0.15) is 62.0 Å². The van der Waals surface area contributed by atoms with E-state index in [1.807, 2.05) is 27.8 Å². The predicted octanol–water partition coefficient (Wildman–Crippen LogP) is 2.37. The van der Waals surface area contributed by atoms with Gasteiger partial charge in [-0.3, -0.25) is 4.79 Å². The van der Waals surface area contributed by atoms with E-state index in [0.717, 1.165) is 24.2 Å². The van der Waals surface area contributed by atoms with Gasteiger partial charge in [-0.2, -0.15) is 0 Å². The van der Waals surface area contributed by atoms with Gasteiger partial charge in [0.25, 0.3) is 5.91 Å². The summed E-state index contributed by atoms with van der Waals surface area (Å²) < 4.78 is 31.9. The molecule has 0 fully saturated rings. The van der Waals surface area contributed by atoms with Crippen LogP contribution in [0.5, 0.6) is 5.75 Å². The van der Waals surface area contributed by atoms with Crippen LogP contribution in [0.2, 0.25) is 0 Å². The molecule has 2 N–H and O–H groups in total. The lowest BCUT2D eigenvalue weighted by Crippen LogP contribution is -2.39. The average molecular weight is 354 g/mol. The van der Waals surface area contributed by atoms with Crippen molar-refractivity contribution in [3.63, 3.8) is 0 Å². The number of sulfonamides is 1. The fourth-order valence-electron chi connectivity index (χ4n) is 2.84. The van der Waals surface area contributed by atoms with Gasteiger partial charge in [0.1, 0.15) is 11.4 Å². The number of carbonyl (C=O) groups excluding carboxylic acids is 1. The molecule has 2 rings (SSSR count). The number of amides is 1. The molecular formula is C17H26N2O4S. The molecule has 1 aromatic carbocycles. The number of hydrogen-bond acceptors (Lipinski definition) is 5. The highest BCUT2D eigenvalue weighted by Crippen LogP contribution is 2.39. The maximum atomic E-state index is 12.3. The van der Waals surface area contributed by atoms with Crippen LogP contribution in [-0.4, -0.2) is 32.7 Å². The van der Waals surface area contributed by atoms with Gasteiger partial charge >= 0.3 is 0 Å². The van der Waals surface area contributed by atoms with E-state index in [1.54, 1.807) is 18.2 Å². The van der Waals surface area contributed by atoms with Crippen LogP contribution in [0, 0.1) is 0 Å². The first-order valence-electron chi connectivity index (χ1n) is 8.22. The lowest BCUT2D eigenvalue weighted by atomic mass is 9.89.